The molecule has 6 aliphatic heterocycles. The van der Waals surface area contributed by atoms with Crippen LogP contribution in [0, 0.1) is 50.2 Å². The summed E-state index contributed by atoms with van der Waals surface area (Å²) in [5.41, 5.74) is -5.33. The Bertz CT molecular complexity index is 3580. The van der Waals surface area contributed by atoms with Gasteiger partial charge >= 0.3 is 17.9 Å². The van der Waals surface area contributed by atoms with Crippen molar-refractivity contribution in [1.82, 2.24) is 0 Å². The summed E-state index contributed by atoms with van der Waals surface area (Å²) in [4.78, 5) is 44.4. The summed E-state index contributed by atoms with van der Waals surface area (Å²) in [6.07, 6.45) is -47.0. The van der Waals surface area contributed by atoms with Gasteiger partial charge in [0, 0.05) is 11.0 Å². The molecule has 1 aromatic carbocycles. The van der Waals surface area contributed by atoms with Gasteiger partial charge in [-0.3, -0.25) is 9.59 Å². The number of methoxy groups -OCH3 is 3. The van der Waals surface area contributed by atoms with Crippen LogP contribution in [-0.2, 0) is 76.0 Å². The number of fused-ring (bicyclic) bond motifs is 7. The number of aliphatic hydroxyl groups is 17. The molecule has 1 aromatic rings. The van der Waals surface area contributed by atoms with E-state index in [1.165, 1.54) is 55.1 Å². The number of allylic oxidation sites excluding steroid dienone is 1. The molecular formula is C77H116O37. The molecule has 6 saturated heterocycles. The van der Waals surface area contributed by atoms with Gasteiger partial charge in [0.2, 0.25) is 12.0 Å². The van der Waals surface area contributed by atoms with Crippen molar-refractivity contribution >= 4 is 24.0 Å². The number of rotatable bonds is 22. The number of hydrogen-bond acceptors (Lipinski definition) is 36. The number of hydrogen-bond donors (Lipinski definition) is 18. The number of carbonyl (C=O) groups is 3. The second kappa shape index (κ2) is 34.1. The van der Waals surface area contributed by atoms with E-state index >= 15 is 4.79 Å². The molecule has 37 nitrogen and oxygen atoms in total. The van der Waals surface area contributed by atoms with Crippen molar-refractivity contribution in [2.45, 2.75) is 297 Å². The Morgan fingerprint density at radius 1 is 0.518 bits per heavy atom. The SMILES string of the molecule is COc1cc(/C=C(\C)C(=O)O[C@H]2[C@@H](O)[C@H](O[C@@H]3O[C@@H](C)[C@H](O[C@@H]4OC[C@@H](O)[C@H](O[C@@H]5O[C@H](CO)[C@H](O[C@@H]6OC[C@H](O)[C@H](O)[C@H]6O)[C@H](O)[C@H]5O)[C@H]4O)[C@@H](O)[C@H]3O)[C@@H](OC(=O)[C@]34CCC(C)(C)CC3C3=CCC5[C@@]6(C)CC(O)C(O[C@@H]7O[C@H](CO)[C@@H](O)[C@H](O)[C@H]7O)[C@@](C)(C(=O)O)C6CC[C@@]5(C)[C@]3(CO)CC4)O[C@H]2C)cc(OC)c1OC. The van der Waals surface area contributed by atoms with Crippen LogP contribution in [0.1, 0.15) is 119 Å². The fraction of sp³-hybridized carbons (Fsp3) is 0.831. The summed E-state index contributed by atoms with van der Waals surface area (Å²) < 4.78 is 94.6. The monoisotopic (exact) mass is 1630 g/mol. The van der Waals surface area contributed by atoms with Crippen LogP contribution in [0.5, 0.6) is 17.2 Å². The van der Waals surface area contributed by atoms with Crippen LogP contribution in [0.25, 0.3) is 6.08 Å². The maximum absolute atomic E-state index is 16.1. The van der Waals surface area contributed by atoms with Gasteiger partial charge in [-0.15, -0.1) is 0 Å². The van der Waals surface area contributed by atoms with Gasteiger partial charge in [0.05, 0.1) is 83.5 Å². The minimum atomic E-state index is -2.15. The topological polar surface area (TPSA) is 563 Å². The molecule has 18 N–H and O–H groups in total. The van der Waals surface area contributed by atoms with Crippen molar-refractivity contribution in [1.29, 1.82) is 0 Å². The normalized spacial score (nSPS) is 48.3. The number of benzene rings is 1. The Hall–Kier alpha value is -4.61. The van der Waals surface area contributed by atoms with E-state index in [0.717, 1.165) is 5.57 Å². The van der Waals surface area contributed by atoms with E-state index in [1.807, 2.05) is 13.0 Å². The molecule has 0 aromatic heterocycles. The Kier molecular flexibility index (Phi) is 26.5. The fourth-order valence-corrected chi connectivity index (χ4v) is 20.9. The molecule has 12 rings (SSSR count). The summed E-state index contributed by atoms with van der Waals surface area (Å²) in [6.45, 7) is 10.7. The van der Waals surface area contributed by atoms with Gasteiger partial charge in [-0.05, 0) is 143 Å². The molecule has 5 unspecified atom stereocenters. The van der Waals surface area contributed by atoms with Gasteiger partial charge in [0.1, 0.15) is 116 Å². The van der Waals surface area contributed by atoms with Crippen molar-refractivity contribution < 1.29 is 182 Å². The average molecular weight is 1630 g/mol. The van der Waals surface area contributed by atoms with Crippen LogP contribution in [0.15, 0.2) is 29.4 Å². The van der Waals surface area contributed by atoms with Crippen molar-refractivity contribution in [3.63, 3.8) is 0 Å². The number of aliphatic carboxylic acids is 1. The van der Waals surface area contributed by atoms with Crippen molar-refractivity contribution in [2.75, 3.05) is 54.4 Å². The summed E-state index contributed by atoms with van der Waals surface area (Å²) in [7, 11) is 4.25. The van der Waals surface area contributed by atoms with Gasteiger partial charge in [-0.2, -0.15) is 0 Å². The highest BCUT2D eigenvalue weighted by atomic mass is 16.8. The molecular weight excluding hydrogens is 1520 g/mol. The van der Waals surface area contributed by atoms with E-state index in [2.05, 4.69) is 20.8 Å². The second-order valence-corrected chi connectivity index (χ2v) is 34.5. The number of aliphatic hydroxyl groups excluding tert-OH is 17. The molecule has 38 atom stereocenters. The number of ether oxygens (including phenoxy) is 16. The fourth-order valence-electron chi connectivity index (χ4n) is 20.9. The first-order chi connectivity index (χ1) is 53.7. The van der Waals surface area contributed by atoms with Crippen LogP contribution in [-0.4, -0.2) is 348 Å². The maximum atomic E-state index is 16.1. The lowest BCUT2D eigenvalue weighted by molar-refractivity contribution is -0.384. The standard InChI is InChI=1S/C77H116O37/c1-30(20-33-21-39(99-9)59(101-11)40(22-33)100-10)63(95)108-57-32(3)105-69(61(54(57)93)112-66-52(91)48(87)56(31(2)104-66)109-65-55(94)58(38(83)28-103-65)110-67-53(92)49(88)60(42(26-79)107-67)111-64-50(89)45(84)37(82)27-102-64)114-71(98)76-17-16-72(4,5)23-35(76)34-12-13-43-73(6)24-36(81)62(113-68-51(90)47(86)46(85)41(25-78)106-68)75(8,70(96)97)44(73)14-15-74(43,7)77(34,29-80)19-18-76/h12,20-22,31-32,35-38,41-58,60-62,64-69,78-94H,13-19,23-29H2,1-11H3,(H,96,97)/b30-20+/t31-,32-,35?,36?,37-,38+,41+,42+,43?,44?,45-,46+,47-,48-,49+,50+,51+,52+,53+,54+,55+,56-,57+,58-,60-,61-,62?,64-,65-,66-,67-,68-,69+,73+,74+,75-,76-,77-/m0/s1. The first-order valence-corrected chi connectivity index (χ1v) is 39.0. The highest BCUT2D eigenvalue weighted by molar-refractivity contribution is 5.93. The van der Waals surface area contributed by atoms with Crippen LogP contribution < -0.4 is 14.2 Å². The Morgan fingerprint density at radius 2 is 1.06 bits per heavy atom. The maximum Gasteiger partial charge on any atom is 0.334 e. The zero-order chi connectivity index (χ0) is 83.3. The molecule has 4 saturated carbocycles. The third kappa shape index (κ3) is 15.5. The highest BCUT2D eigenvalue weighted by Crippen LogP contribution is 2.76. The predicted molar refractivity (Wildman–Crippen MR) is 382 cm³/mol. The molecule has 10 fully saturated rings. The van der Waals surface area contributed by atoms with Crippen LogP contribution in [0.3, 0.4) is 0 Å². The zero-order valence-corrected chi connectivity index (χ0v) is 65.6. The quantitative estimate of drug-likeness (QED) is 0.0233. The summed E-state index contributed by atoms with van der Waals surface area (Å²) in [6, 6.07) is 3.16. The molecule has 114 heavy (non-hydrogen) atoms. The van der Waals surface area contributed by atoms with Crippen molar-refractivity contribution in [2.24, 2.45) is 50.2 Å². The van der Waals surface area contributed by atoms with E-state index in [0.29, 0.717) is 31.2 Å². The van der Waals surface area contributed by atoms with E-state index < -0.39 is 285 Å². The van der Waals surface area contributed by atoms with Crippen LogP contribution >= 0.6 is 0 Å². The van der Waals surface area contributed by atoms with Crippen molar-refractivity contribution in [3.8, 4) is 17.2 Å². The molecule has 5 aliphatic carbocycles. The van der Waals surface area contributed by atoms with Gasteiger partial charge in [-0.25, -0.2) is 4.79 Å². The average Bonchev–Trinajstić information content (AvgIpc) is 0.668. The predicted octanol–water partition coefficient (Wildman–Crippen LogP) is -3.37. The van der Waals surface area contributed by atoms with Crippen LogP contribution in [0.2, 0.25) is 0 Å². The van der Waals surface area contributed by atoms with Gasteiger partial charge in [-0.1, -0.05) is 39.3 Å². The van der Waals surface area contributed by atoms with Gasteiger partial charge in [0.15, 0.2) is 55.2 Å². The summed E-state index contributed by atoms with van der Waals surface area (Å²) in [5.74, 6) is -4.03. The molecule has 0 spiro atoms. The Labute approximate surface area is 657 Å². The minimum Gasteiger partial charge on any atom is -0.493 e. The third-order valence-electron chi connectivity index (χ3n) is 27.4. The largest absolute Gasteiger partial charge is 0.493 e. The third-order valence-corrected chi connectivity index (χ3v) is 27.4. The summed E-state index contributed by atoms with van der Waals surface area (Å²) >= 11 is 0. The minimum absolute atomic E-state index is 0.000702. The molecule has 0 radical (unpaired) electrons. The van der Waals surface area contributed by atoms with E-state index in [1.54, 1.807) is 12.1 Å². The Balaban J connectivity index is 0.799. The van der Waals surface area contributed by atoms with E-state index in [4.69, 9.17) is 75.8 Å². The first-order valence-electron chi connectivity index (χ1n) is 39.0. The lowest BCUT2D eigenvalue weighted by atomic mass is 9.33. The van der Waals surface area contributed by atoms with Gasteiger partial charge in [0.25, 0.3) is 0 Å². The first kappa shape index (κ1) is 88.7. The summed E-state index contributed by atoms with van der Waals surface area (Å²) in [5, 5.41) is 202. The van der Waals surface area contributed by atoms with Crippen LogP contribution in [0.4, 0.5) is 0 Å². The molecule has 6 heterocycles. The highest BCUT2D eigenvalue weighted by Gasteiger charge is 2.74. The molecule has 37 heteroatoms. The van der Waals surface area contributed by atoms with Gasteiger partial charge < -0.3 is 168 Å². The molecule has 646 valence electrons. The van der Waals surface area contributed by atoms with E-state index in [-0.39, 0.29) is 54.9 Å². The lowest BCUT2D eigenvalue weighted by Gasteiger charge is -2.71. The van der Waals surface area contributed by atoms with E-state index in [9.17, 15) is 102 Å². The molecule has 11 aliphatic rings. The molecule has 0 bridgehead atoms. The number of esters is 2. The smallest absolute Gasteiger partial charge is 0.334 e. The number of carboxylic acid groups (broad SMARTS) is 1. The molecule has 0 amide bonds. The van der Waals surface area contributed by atoms with Crippen molar-refractivity contribution in [3.05, 3.63) is 34.9 Å². The second-order valence-electron chi connectivity index (χ2n) is 34.5. The number of carbonyl (C=O) groups excluding carboxylic acids is 2. The number of carboxylic acids is 1. The Morgan fingerprint density at radius 3 is 1.68 bits per heavy atom. The lowest BCUT2D eigenvalue weighted by Crippen LogP contribution is -2.71. The zero-order valence-electron chi connectivity index (χ0n) is 65.6.